The highest BCUT2D eigenvalue weighted by Gasteiger charge is 2.20. The van der Waals surface area contributed by atoms with Gasteiger partial charge in [-0.15, -0.1) is 0 Å². The van der Waals surface area contributed by atoms with Gasteiger partial charge in [-0.3, -0.25) is 9.59 Å². The fourth-order valence-electron chi connectivity index (χ4n) is 2.77. The zero-order valence-electron chi connectivity index (χ0n) is 17.4. The van der Waals surface area contributed by atoms with Crippen LogP contribution in [0.1, 0.15) is 69.3 Å². The van der Waals surface area contributed by atoms with Crippen LogP contribution in [0.2, 0.25) is 0 Å². The Hall–Kier alpha value is -2.90. The van der Waals surface area contributed by atoms with Crippen molar-refractivity contribution in [1.29, 1.82) is 0 Å². The lowest BCUT2D eigenvalue weighted by Crippen LogP contribution is -2.30. The van der Waals surface area contributed by atoms with Gasteiger partial charge in [-0.2, -0.15) is 4.98 Å². The topological polar surface area (TPSA) is 104 Å². The summed E-state index contributed by atoms with van der Waals surface area (Å²) in [4.78, 5) is 28.8. The molecule has 0 saturated carbocycles. The molecular formula is C21H29N3O5. The molecule has 1 aromatic carbocycles. The van der Waals surface area contributed by atoms with Gasteiger partial charge in [0.1, 0.15) is 5.75 Å². The van der Waals surface area contributed by atoms with Gasteiger partial charge in [0.2, 0.25) is 11.8 Å². The molecule has 158 valence electrons. The van der Waals surface area contributed by atoms with E-state index in [-0.39, 0.29) is 30.6 Å². The lowest BCUT2D eigenvalue weighted by molar-refractivity contribution is -0.143. The monoisotopic (exact) mass is 403 g/mol. The number of nitrogens with zero attached hydrogens (tertiary/aromatic N) is 2. The van der Waals surface area contributed by atoms with E-state index in [9.17, 15) is 9.59 Å². The van der Waals surface area contributed by atoms with Crippen molar-refractivity contribution in [2.24, 2.45) is 0 Å². The molecule has 8 heteroatoms. The van der Waals surface area contributed by atoms with Crippen molar-refractivity contribution in [2.45, 2.75) is 58.4 Å². The molecule has 8 nitrogen and oxygen atoms in total. The number of nitrogens with one attached hydrogen (secondary N) is 1. The standard InChI is InChI=1S/C21H29N3O5/c1-5-28-20(26)13-17(15-8-6-9-16(12-15)27-4)22-18(25)10-7-11-19-23-21(14(2)3)24-29-19/h6,8-9,12,14,17H,5,7,10-11,13H2,1-4H3,(H,22,25). The van der Waals surface area contributed by atoms with Crippen LogP contribution in [0, 0.1) is 0 Å². The molecule has 1 aromatic heterocycles. The number of ether oxygens (including phenoxy) is 2. The van der Waals surface area contributed by atoms with E-state index in [1.165, 1.54) is 0 Å². The molecule has 1 heterocycles. The predicted octanol–water partition coefficient (Wildman–Crippen LogP) is 3.34. The third-order valence-electron chi connectivity index (χ3n) is 4.30. The van der Waals surface area contributed by atoms with Crippen molar-refractivity contribution in [2.75, 3.05) is 13.7 Å². The van der Waals surface area contributed by atoms with Crippen molar-refractivity contribution in [1.82, 2.24) is 15.5 Å². The number of esters is 1. The van der Waals surface area contributed by atoms with Crippen LogP contribution in [0.5, 0.6) is 5.75 Å². The van der Waals surface area contributed by atoms with E-state index in [4.69, 9.17) is 14.0 Å². The first kappa shape index (κ1) is 22.4. The minimum atomic E-state index is -0.493. The molecule has 1 amide bonds. The van der Waals surface area contributed by atoms with Crippen LogP contribution in [0.15, 0.2) is 28.8 Å². The predicted molar refractivity (Wildman–Crippen MR) is 106 cm³/mol. The Morgan fingerprint density at radius 3 is 2.72 bits per heavy atom. The number of rotatable bonds is 11. The number of amides is 1. The maximum absolute atomic E-state index is 12.5. The fraction of sp³-hybridized carbons (Fsp3) is 0.524. The molecule has 0 fully saturated rings. The van der Waals surface area contributed by atoms with Gasteiger partial charge in [0.25, 0.3) is 0 Å². The van der Waals surface area contributed by atoms with Gasteiger partial charge in [-0.1, -0.05) is 31.1 Å². The molecule has 0 aliphatic rings. The van der Waals surface area contributed by atoms with E-state index >= 15 is 0 Å². The summed E-state index contributed by atoms with van der Waals surface area (Å²) in [5.41, 5.74) is 0.782. The zero-order chi connectivity index (χ0) is 21.2. The average Bonchev–Trinajstić information content (AvgIpc) is 3.17. The SMILES string of the molecule is CCOC(=O)CC(NC(=O)CCCc1nc(C(C)C)no1)c1cccc(OC)c1. The Bertz CT molecular complexity index is 803. The van der Waals surface area contributed by atoms with Crippen LogP contribution >= 0.6 is 0 Å². The smallest absolute Gasteiger partial charge is 0.308 e. The number of aryl methyl sites for hydroxylation is 1. The largest absolute Gasteiger partial charge is 0.497 e. The van der Waals surface area contributed by atoms with Crippen LogP contribution in [0.3, 0.4) is 0 Å². The number of hydrogen-bond acceptors (Lipinski definition) is 7. The second-order valence-electron chi connectivity index (χ2n) is 6.96. The van der Waals surface area contributed by atoms with Crippen LogP contribution in [0.25, 0.3) is 0 Å². The summed E-state index contributed by atoms with van der Waals surface area (Å²) in [6.07, 6.45) is 1.42. The third-order valence-corrected chi connectivity index (χ3v) is 4.30. The van der Waals surface area contributed by atoms with Gasteiger partial charge >= 0.3 is 5.97 Å². The van der Waals surface area contributed by atoms with Gasteiger partial charge < -0.3 is 19.3 Å². The Kier molecular flexibility index (Phi) is 8.64. The highest BCUT2D eigenvalue weighted by atomic mass is 16.5. The van der Waals surface area contributed by atoms with Gasteiger partial charge in [0.05, 0.1) is 26.2 Å². The van der Waals surface area contributed by atoms with Crippen molar-refractivity contribution in [3.63, 3.8) is 0 Å². The first-order valence-electron chi connectivity index (χ1n) is 9.84. The minimum absolute atomic E-state index is 0.0498. The average molecular weight is 403 g/mol. The highest BCUT2D eigenvalue weighted by Crippen LogP contribution is 2.22. The molecule has 1 atom stereocenters. The number of carbonyl (C=O) groups excluding carboxylic acids is 2. The van der Waals surface area contributed by atoms with Gasteiger partial charge in [-0.25, -0.2) is 0 Å². The highest BCUT2D eigenvalue weighted by molar-refractivity contribution is 5.78. The normalized spacial score (nSPS) is 11.9. The first-order chi connectivity index (χ1) is 13.9. The lowest BCUT2D eigenvalue weighted by Gasteiger charge is -2.19. The fourth-order valence-corrected chi connectivity index (χ4v) is 2.77. The van der Waals surface area contributed by atoms with Crippen LogP contribution in [-0.4, -0.2) is 35.7 Å². The molecule has 2 aromatic rings. The van der Waals surface area contributed by atoms with E-state index in [1.807, 2.05) is 32.0 Å². The number of hydrogen-bond donors (Lipinski definition) is 1. The maximum atomic E-state index is 12.5. The zero-order valence-corrected chi connectivity index (χ0v) is 17.4. The summed E-state index contributed by atoms with van der Waals surface area (Å²) in [5.74, 6) is 1.51. The van der Waals surface area contributed by atoms with E-state index in [2.05, 4.69) is 15.5 Å². The second kappa shape index (κ2) is 11.2. The molecule has 1 unspecified atom stereocenters. The van der Waals surface area contributed by atoms with E-state index in [1.54, 1.807) is 20.1 Å². The second-order valence-corrected chi connectivity index (χ2v) is 6.96. The summed E-state index contributed by atoms with van der Waals surface area (Å²) >= 11 is 0. The molecule has 1 N–H and O–H groups in total. The van der Waals surface area contributed by atoms with Crippen LogP contribution in [-0.2, 0) is 20.7 Å². The Labute approximate surface area is 171 Å². The third kappa shape index (κ3) is 7.21. The molecule has 2 rings (SSSR count). The molecule has 0 bridgehead atoms. The van der Waals surface area contributed by atoms with Crippen LogP contribution < -0.4 is 10.1 Å². The molecule has 0 aliphatic carbocycles. The van der Waals surface area contributed by atoms with E-state index in [0.29, 0.717) is 36.9 Å². The molecule has 0 aliphatic heterocycles. The van der Waals surface area contributed by atoms with Gasteiger partial charge in [-0.05, 0) is 31.0 Å². The number of methoxy groups -OCH3 is 1. The van der Waals surface area contributed by atoms with Crippen LogP contribution in [0.4, 0.5) is 0 Å². The Balaban J connectivity index is 1.95. The molecular weight excluding hydrogens is 374 g/mol. The van der Waals surface area contributed by atoms with Gasteiger partial charge in [0.15, 0.2) is 5.82 Å². The van der Waals surface area contributed by atoms with Gasteiger partial charge in [0, 0.05) is 18.8 Å². The number of benzene rings is 1. The summed E-state index contributed by atoms with van der Waals surface area (Å²) in [7, 11) is 1.57. The maximum Gasteiger partial charge on any atom is 0.308 e. The van der Waals surface area contributed by atoms with Crippen molar-refractivity contribution in [3.8, 4) is 5.75 Å². The van der Waals surface area contributed by atoms with Crippen molar-refractivity contribution >= 4 is 11.9 Å². The quantitative estimate of drug-likeness (QED) is 0.574. The number of aromatic nitrogens is 2. The number of carbonyl (C=O) groups is 2. The van der Waals surface area contributed by atoms with E-state index < -0.39 is 6.04 Å². The molecule has 0 spiro atoms. The summed E-state index contributed by atoms with van der Waals surface area (Å²) < 4.78 is 15.5. The lowest BCUT2D eigenvalue weighted by atomic mass is 10.0. The Morgan fingerprint density at radius 1 is 1.28 bits per heavy atom. The molecule has 0 radical (unpaired) electrons. The molecule has 0 saturated heterocycles. The summed E-state index contributed by atoms with van der Waals surface area (Å²) in [6.45, 7) is 6.02. The first-order valence-corrected chi connectivity index (χ1v) is 9.84. The minimum Gasteiger partial charge on any atom is -0.497 e. The van der Waals surface area contributed by atoms with Crippen molar-refractivity contribution in [3.05, 3.63) is 41.5 Å². The molecule has 29 heavy (non-hydrogen) atoms. The van der Waals surface area contributed by atoms with E-state index in [0.717, 1.165) is 5.56 Å². The Morgan fingerprint density at radius 2 is 2.07 bits per heavy atom. The van der Waals surface area contributed by atoms with Crippen molar-refractivity contribution < 1.29 is 23.6 Å². The summed E-state index contributed by atoms with van der Waals surface area (Å²) in [6, 6.07) is 6.78. The summed E-state index contributed by atoms with van der Waals surface area (Å²) in [5, 5.41) is 6.84.